The lowest BCUT2D eigenvalue weighted by atomic mass is 10.2. The van der Waals surface area contributed by atoms with E-state index in [-0.39, 0.29) is 12.5 Å². The molecule has 1 aliphatic rings. The zero-order valence-corrected chi connectivity index (χ0v) is 15.2. The van der Waals surface area contributed by atoms with Crippen molar-refractivity contribution in [2.75, 3.05) is 19.7 Å². The Morgan fingerprint density at radius 1 is 1.42 bits per heavy atom. The van der Waals surface area contributed by atoms with E-state index in [9.17, 15) is 4.79 Å². The van der Waals surface area contributed by atoms with E-state index in [1.807, 2.05) is 36.1 Å². The number of hydrogen-bond acceptors (Lipinski definition) is 6. The van der Waals surface area contributed by atoms with Crippen LogP contribution in [0.2, 0.25) is 0 Å². The van der Waals surface area contributed by atoms with Gasteiger partial charge in [0, 0.05) is 16.6 Å². The molecule has 0 saturated heterocycles. The third-order valence-corrected chi connectivity index (χ3v) is 4.26. The largest absolute Gasteiger partial charge is 0.465 e. The van der Waals surface area contributed by atoms with E-state index in [2.05, 4.69) is 26.1 Å². The summed E-state index contributed by atoms with van der Waals surface area (Å²) in [4.78, 5) is 13.8. The molecule has 1 aromatic heterocycles. The highest BCUT2D eigenvalue weighted by Crippen LogP contribution is 2.30. The van der Waals surface area contributed by atoms with Gasteiger partial charge >= 0.3 is 5.97 Å². The fourth-order valence-electron chi connectivity index (χ4n) is 2.49. The average Bonchev–Trinajstić information content (AvgIpc) is 3.23. The zero-order chi connectivity index (χ0) is 16.9. The van der Waals surface area contributed by atoms with E-state index in [0.717, 1.165) is 16.6 Å². The molecule has 0 N–H and O–H groups in total. The standard InChI is InChI=1S/C17H20BrN3O3/c1-2-23-16(22)11-21(9-12-6-7-12)10-15-19-20-17(24-15)13-4-3-5-14(18)8-13/h3-5,8,12H,2,6-7,9-11H2,1H3. The molecule has 2 aromatic rings. The van der Waals surface area contributed by atoms with Crippen molar-refractivity contribution in [3.05, 3.63) is 34.6 Å². The number of carbonyl (C=O) groups is 1. The van der Waals surface area contributed by atoms with E-state index in [1.54, 1.807) is 0 Å². The van der Waals surface area contributed by atoms with Crippen molar-refractivity contribution in [3.8, 4) is 11.5 Å². The van der Waals surface area contributed by atoms with E-state index >= 15 is 0 Å². The van der Waals surface area contributed by atoms with E-state index in [0.29, 0.717) is 30.9 Å². The second-order valence-corrected chi connectivity index (χ2v) is 6.84. The molecular weight excluding hydrogens is 374 g/mol. The van der Waals surface area contributed by atoms with Gasteiger partial charge in [-0.2, -0.15) is 0 Å². The minimum Gasteiger partial charge on any atom is -0.465 e. The van der Waals surface area contributed by atoms with Crippen LogP contribution in [0, 0.1) is 5.92 Å². The monoisotopic (exact) mass is 393 g/mol. The molecule has 0 spiro atoms. The van der Waals surface area contributed by atoms with Gasteiger partial charge in [0.25, 0.3) is 0 Å². The van der Waals surface area contributed by atoms with Crippen LogP contribution in [0.15, 0.2) is 33.2 Å². The minimum absolute atomic E-state index is 0.218. The Hall–Kier alpha value is -1.73. The maximum Gasteiger partial charge on any atom is 0.320 e. The molecular formula is C17H20BrN3O3. The summed E-state index contributed by atoms with van der Waals surface area (Å²) in [5, 5.41) is 8.23. The maximum absolute atomic E-state index is 11.8. The fourth-order valence-corrected chi connectivity index (χ4v) is 2.89. The first-order chi connectivity index (χ1) is 11.6. The molecule has 0 aliphatic heterocycles. The molecule has 0 atom stereocenters. The third kappa shape index (κ3) is 4.88. The summed E-state index contributed by atoms with van der Waals surface area (Å²) in [6.45, 7) is 3.76. The van der Waals surface area contributed by atoms with Crippen LogP contribution in [0.3, 0.4) is 0 Å². The molecule has 0 bridgehead atoms. The molecule has 0 radical (unpaired) electrons. The number of carbonyl (C=O) groups excluding carboxylic acids is 1. The zero-order valence-electron chi connectivity index (χ0n) is 13.6. The normalized spacial score (nSPS) is 14.1. The van der Waals surface area contributed by atoms with Crippen molar-refractivity contribution in [1.82, 2.24) is 15.1 Å². The van der Waals surface area contributed by atoms with Crippen molar-refractivity contribution < 1.29 is 13.9 Å². The molecule has 1 aliphatic carbocycles. The first-order valence-corrected chi connectivity index (χ1v) is 8.89. The summed E-state index contributed by atoms with van der Waals surface area (Å²) in [6, 6.07) is 7.71. The van der Waals surface area contributed by atoms with Gasteiger partial charge in [-0.05, 0) is 43.9 Å². The lowest BCUT2D eigenvalue weighted by molar-refractivity contribution is -0.144. The maximum atomic E-state index is 11.8. The van der Waals surface area contributed by atoms with E-state index in [1.165, 1.54) is 12.8 Å². The molecule has 1 saturated carbocycles. The molecule has 0 unspecified atom stereocenters. The van der Waals surface area contributed by atoms with Gasteiger partial charge in [0.15, 0.2) is 0 Å². The Labute approximate surface area is 149 Å². The SMILES string of the molecule is CCOC(=O)CN(Cc1nnc(-c2cccc(Br)c2)o1)CC1CC1. The van der Waals surface area contributed by atoms with Crippen molar-refractivity contribution in [2.45, 2.75) is 26.3 Å². The third-order valence-electron chi connectivity index (χ3n) is 3.77. The molecule has 128 valence electrons. The lowest BCUT2D eigenvalue weighted by Gasteiger charge is -2.18. The van der Waals surface area contributed by atoms with Gasteiger partial charge in [-0.25, -0.2) is 0 Å². The Morgan fingerprint density at radius 2 is 2.25 bits per heavy atom. The highest BCUT2D eigenvalue weighted by Gasteiger charge is 2.26. The van der Waals surface area contributed by atoms with E-state index in [4.69, 9.17) is 9.15 Å². The Kier molecular flexibility index (Phi) is 5.63. The number of esters is 1. The predicted molar refractivity (Wildman–Crippen MR) is 92.1 cm³/mol. The molecule has 7 heteroatoms. The molecule has 1 fully saturated rings. The van der Waals surface area contributed by atoms with Gasteiger partial charge < -0.3 is 9.15 Å². The number of ether oxygens (including phenoxy) is 1. The van der Waals surface area contributed by atoms with Gasteiger partial charge in [0.05, 0.1) is 19.7 Å². The quantitative estimate of drug-likeness (QED) is 0.641. The smallest absolute Gasteiger partial charge is 0.320 e. The van der Waals surface area contributed by atoms with Crippen molar-refractivity contribution >= 4 is 21.9 Å². The van der Waals surface area contributed by atoms with Crippen molar-refractivity contribution in [3.63, 3.8) is 0 Å². The molecule has 24 heavy (non-hydrogen) atoms. The predicted octanol–water partition coefficient (Wildman–Crippen LogP) is 3.27. The highest BCUT2D eigenvalue weighted by atomic mass is 79.9. The number of hydrogen-bond donors (Lipinski definition) is 0. The highest BCUT2D eigenvalue weighted by molar-refractivity contribution is 9.10. The summed E-state index contributed by atoms with van der Waals surface area (Å²) < 4.78 is 11.8. The number of halogens is 1. The summed E-state index contributed by atoms with van der Waals surface area (Å²) in [6.07, 6.45) is 2.43. The Morgan fingerprint density at radius 3 is 2.96 bits per heavy atom. The number of benzene rings is 1. The Balaban J connectivity index is 1.66. The molecule has 1 aromatic carbocycles. The van der Waals surface area contributed by atoms with Crippen LogP contribution in [-0.4, -0.2) is 40.8 Å². The number of aromatic nitrogens is 2. The van der Waals surface area contributed by atoms with Gasteiger partial charge in [-0.15, -0.1) is 10.2 Å². The van der Waals surface area contributed by atoms with Gasteiger partial charge in [-0.3, -0.25) is 9.69 Å². The molecule has 0 amide bonds. The second-order valence-electron chi connectivity index (χ2n) is 5.93. The number of nitrogens with zero attached hydrogens (tertiary/aromatic N) is 3. The van der Waals surface area contributed by atoms with Crippen LogP contribution in [-0.2, 0) is 16.1 Å². The summed E-state index contributed by atoms with van der Waals surface area (Å²) >= 11 is 3.43. The topological polar surface area (TPSA) is 68.5 Å². The average molecular weight is 394 g/mol. The summed E-state index contributed by atoms with van der Waals surface area (Å²) in [5.74, 6) is 1.43. The number of rotatable bonds is 8. The lowest BCUT2D eigenvalue weighted by Crippen LogP contribution is -2.32. The second kappa shape index (κ2) is 7.90. The van der Waals surface area contributed by atoms with Crippen LogP contribution in [0.25, 0.3) is 11.5 Å². The van der Waals surface area contributed by atoms with Crippen LogP contribution in [0.5, 0.6) is 0 Å². The van der Waals surface area contributed by atoms with Crippen LogP contribution in [0.4, 0.5) is 0 Å². The van der Waals surface area contributed by atoms with Crippen LogP contribution < -0.4 is 0 Å². The molecule has 1 heterocycles. The first-order valence-electron chi connectivity index (χ1n) is 8.10. The van der Waals surface area contributed by atoms with Gasteiger partial charge in [0.2, 0.25) is 11.8 Å². The molecule has 3 rings (SSSR count). The van der Waals surface area contributed by atoms with Crippen LogP contribution >= 0.6 is 15.9 Å². The Bertz CT molecular complexity index is 700. The van der Waals surface area contributed by atoms with Gasteiger partial charge in [0.1, 0.15) is 0 Å². The minimum atomic E-state index is -0.218. The van der Waals surface area contributed by atoms with Crippen molar-refractivity contribution in [1.29, 1.82) is 0 Å². The van der Waals surface area contributed by atoms with Crippen LogP contribution in [0.1, 0.15) is 25.7 Å². The van der Waals surface area contributed by atoms with E-state index < -0.39 is 0 Å². The fraction of sp³-hybridized carbons (Fsp3) is 0.471. The van der Waals surface area contributed by atoms with Gasteiger partial charge in [-0.1, -0.05) is 22.0 Å². The van der Waals surface area contributed by atoms with Crippen molar-refractivity contribution in [2.24, 2.45) is 5.92 Å². The summed E-state index contributed by atoms with van der Waals surface area (Å²) in [5.41, 5.74) is 0.863. The summed E-state index contributed by atoms with van der Waals surface area (Å²) in [7, 11) is 0. The first kappa shape index (κ1) is 17.1. The molecule has 6 nitrogen and oxygen atoms in total.